The Labute approximate surface area is 162 Å². The molecule has 0 aromatic carbocycles. The van der Waals surface area contributed by atoms with Crippen LogP contribution in [0.2, 0.25) is 0 Å². The van der Waals surface area contributed by atoms with Crippen LogP contribution in [0.1, 0.15) is 29.0 Å². The average Bonchev–Trinajstić information content (AvgIpc) is 3.19. The van der Waals surface area contributed by atoms with E-state index in [9.17, 15) is 4.79 Å². The maximum Gasteiger partial charge on any atom is 0.276 e. The number of aromatic nitrogens is 4. The summed E-state index contributed by atoms with van der Waals surface area (Å²) in [7, 11) is 0. The van der Waals surface area contributed by atoms with Gasteiger partial charge in [-0.3, -0.25) is 4.79 Å². The lowest BCUT2D eigenvalue weighted by Crippen LogP contribution is -2.42. The normalized spacial score (nSPS) is 18.2. The van der Waals surface area contributed by atoms with Gasteiger partial charge in [0, 0.05) is 25.7 Å². The van der Waals surface area contributed by atoms with E-state index in [4.69, 9.17) is 5.26 Å². The molecule has 1 atom stereocenters. The summed E-state index contributed by atoms with van der Waals surface area (Å²) >= 11 is 0. The van der Waals surface area contributed by atoms with Crippen LogP contribution in [0.4, 0.5) is 17.3 Å². The zero-order valence-electron chi connectivity index (χ0n) is 15.4. The molecular weight excluding hydrogens is 358 g/mol. The number of rotatable bonds is 6. The number of hydrogen-bond acceptors (Lipinski definition) is 9. The van der Waals surface area contributed by atoms with Crippen molar-refractivity contribution in [2.45, 2.75) is 12.8 Å². The summed E-state index contributed by atoms with van der Waals surface area (Å²) in [4.78, 5) is 22.5. The average molecular weight is 379 g/mol. The van der Waals surface area contributed by atoms with E-state index in [1.54, 1.807) is 11.0 Å². The first kappa shape index (κ1) is 18.1. The van der Waals surface area contributed by atoms with E-state index in [-0.39, 0.29) is 11.6 Å². The largest absolute Gasteiger partial charge is 0.383 e. The second-order valence-electron chi connectivity index (χ2n) is 6.90. The van der Waals surface area contributed by atoms with Crippen LogP contribution >= 0.6 is 0 Å². The molecule has 3 N–H and O–H groups in total. The number of hydrogen-bond donors (Lipinski definition) is 3. The molecule has 28 heavy (non-hydrogen) atoms. The van der Waals surface area contributed by atoms with Gasteiger partial charge in [0.05, 0.1) is 18.1 Å². The van der Waals surface area contributed by atoms with Gasteiger partial charge < -0.3 is 20.9 Å². The predicted molar refractivity (Wildman–Crippen MR) is 102 cm³/mol. The van der Waals surface area contributed by atoms with Crippen LogP contribution in [0.15, 0.2) is 18.5 Å². The van der Waals surface area contributed by atoms with E-state index in [2.05, 4.69) is 36.1 Å². The van der Waals surface area contributed by atoms with Gasteiger partial charge in [-0.1, -0.05) is 0 Å². The molecule has 144 valence electrons. The smallest absolute Gasteiger partial charge is 0.276 e. The fraction of sp³-hybridized carbons (Fsp3) is 0.444. The number of likely N-dealkylation sites (tertiary alicyclic amines) is 1. The first-order valence-electron chi connectivity index (χ1n) is 9.33. The highest BCUT2D eigenvalue weighted by Crippen LogP contribution is 2.23. The van der Waals surface area contributed by atoms with Gasteiger partial charge in [0.2, 0.25) is 0 Å². The Morgan fingerprint density at radius 2 is 2.18 bits per heavy atom. The molecule has 2 saturated heterocycles. The molecule has 0 saturated carbocycles. The van der Waals surface area contributed by atoms with Gasteiger partial charge >= 0.3 is 0 Å². The van der Waals surface area contributed by atoms with E-state index in [0.29, 0.717) is 28.9 Å². The number of nitrogens with one attached hydrogen (secondary N) is 3. The van der Waals surface area contributed by atoms with Crippen LogP contribution in [-0.2, 0) is 0 Å². The van der Waals surface area contributed by atoms with E-state index in [1.807, 2.05) is 6.07 Å². The van der Waals surface area contributed by atoms with Crippen LogP contribution in [-0.4, -0.2) is 63.7 Å². The minimum Gasteiger partial charge on any atom is -0.383 e. The zero-order chi connectivity index (χ0) is 19.3. The minimum absolute atomic E-state index is 0.101. The highest BCUT2D eigenvalue weighted by Gasteiger charge is 2.26. The van der Waals surface area contributed by atoms with Gasteiger partial charge in [-0.15, -0.1) is 10.2 Å². The van der Waals surface area contributed by atoms with Gasteiger partial charge in [-0.25, -0.2) is 9.97 Å². The molecule has 0 radical (unpaired) electrons. The molecule has 0 bridgehead atoms. The van der Waals surface area contributed by atoms with E-state index >= 15 is 0 Å². The maximum absolute atomic E-state index is 12.7. The maximum atomic E-state index is 12.7. The van der Waals surface area contributed by atoms with Gasteiger partial charge in [0.15, 0.2) is 17.2 Å². The summed E-state index contributed by atoms with van der Waals surface area (Å²) in [6.45, 7) is 4.26. The fourth-order valence-electron chi connectivity index (χ4n) is 3.14. The van der Waals surface area contributed by atoms with Crippen LogP contribution in [0.5, 0.6) is 0 Å². The number of nitriles is 1. The van der Waals surface area contributed by atoms with Crippen LogP contribution < -0.4 is 16.0 Å². The van der Waals surface area contributed by atoms with Gasteiger partial charge in [-0.2, -0.15) is 5.26 Å². The van der Waals surface area contributed by atoms with Crippen molar-refractivity contribution >= 4 is 23.2 Å². The molecule has 10 heteroatoms. The second-order valence-corrected chi connectivity index (χ2v) is 6.90. The molecule has 2 aliphatic heterocycles. The molecule has 2 fully saturated rings. The summed E-state index contributed by atoms with van der Waals surface area (Å²) in [5.74, 6) is 1.31. The molecule has 1 amide bonds. The van der Waals surface area contributed by atoms with Crippen molar-refractivity contribution in [3.63, 3.8) is 0 Å². The molecule has 2 aliphatic rings. The quantitative estimate of drug-likeness (QED) is 0.665. The van der Waals surface area contributed by atoms with E-state index in [1.165, 1.54) is 12.4 Å². The van der Waals surface area contributed by atoms with Crippen molar-refractivity contribution in [2.24, 2.45) is 5.92 Å². The van der Waals surface area contributed by atoms with Crippen LogP contribution in [0.25, 0.3) is 0 Å². The summed E-state index contributed by atoms with van der Waals surface area (Å²) in [6.07, 6.45) is 4.96. The Kier molecular flexibility index (Phi) is 5.25. The standard InChI is InChI=1S/C18H21N9O/c19-7-13-10-23-16(11-21-13)24-15-6-14(22-9-12-2-3-20-8-12)17(26-25-15)18(28)27-4-1-5-27/h6,10-12,20H,1-5,8-9H2,(H2,22,23,24,25). The first-order chi connectivity index (χ1) is 13.7. The molecule has 4 rings (SSSR count). The lowest BCUT2D eigenvalue weighted by Gasteiger charge is -2.31. The number of anilines is 3. The second kappa shape index (κ2) is 8.14. The monoisotopic (exact) mass is 379 g/mol. The molecule has 2 aromatic heterocycles. The third-order valence-electron chi connectivity index (χ3n) is 4.91. The van der Waals surface area contributed by atoms with Crippen molar-refractivity contribution < 1.29 is 4.79 Å². The SMILES string of the molecule is N#Cc1cnc(Nc2cc(NCC3CCNC3)c(C(=O)N3CCC3)nn2)cn1. The van der Waals surface area contributed by atoms with E-state index in [0.717, 1.165) is 45.6 Å². The Hall–Kier alpha value is -3.32. The summed E-state index contributed by atoms with van der Waals surface area (Å²) in [6, 6.07) is 3.69. The topological polar surface area (TPSA) is 132 Å². The summed E-state index contributed by atoms with van der Waals surface area (Å²) in [5.41, 5.74) is 1.23. The number of carbonyl (C=O) groups excluding carboxylic acids is 1. The minimum atomic E-state index is -0.101. The Morgan fingerprint density at radius 1 is 1.29 bits per heavy atom. The first-order valence-corrected chi connectivity index (χ1v) is 9.33. The number of carbonyl (C=O) groups is 1. The molecule has 0 spiro atoms. The Balaban J connectivity index is 1.53. The van der Waals surface area contributed by atoms with Crippen molar-refractivity contribution in [3.05, 3.63) is 29.8 Å². The van der Waals surface area contributed by atoms with E-state index < -0.39 is 0 Å². The number of nitrogens with zero attached hydrogens (tertiary/aromatic N) is 6. The molecule has 0 aliphatic carbocycles. The molecular formula is C18H21N9O. The van der Waals surface area contributed by atoms with Crippen LogP contribution in [0, 0.1) is 17.2 Å². The predicted octanol–water partition coefficient (Wildman–Crippen LogP) is 0.749. The molecule has 4 heterocycles. The highest BCUT2D eigenvalue weighted by molar-refractivity contribution is 5.98. The van der Waals surface area contributed by atoms with Gasteiger partial charge in [-0.05, 0) is 31.8 Å². The van der Waals surface area contributed by atoms with Crippen LogP contribution in [0.3, 0.4) is 0 Å². The molecule has 1 unspecified atom stereocenters. The van der Waals surface area contributed by atoms with Crippen molar-refractivity contribution in [3.8, 4) is 6.07 Å². The van der Waals surface area contributed by atoms with Crippen molar-refractivity contribution in [1.82, 2.24) is 30.4 Å². The highest BCUT2D eigenvalue weighted by atomic mass is 16.2. The van der Waals surface area contributed by atoms with Crippen molar-refractivity contribution in [1.29, 1.82) is 5.26 Å². The van der Waals surface area contributed by atoms with Crippen molar-refractivity contribution in [2.75, 3.05) is 43.4 Å². The lowest BCUT2D eigenvalue weighted by atomic mass is 10.1. The zero-order valence-corrected chi connectivity index (χ0v) is 15.4. The molecule has 2 aromatic rings. The molecule has 10 nitrogen and oxygen atoms in total. The van der Waals surface area contributed by atoms with Gasteiger partial charge in [0.1, 0.15) is 11.9 Å². The lowest BCUT2D eigenvalue weighted by molar-refractivity contribution is 0.0645. The third kappa shape index (κ3) is 3.99. The van der Waals surface area contributed by atoms with Gasteiger partial charge in [0.25, 0.3) is 5.91 Å². The summed E-state index contributed by atoms with van der Waals surface area (Å²) < 4.78 is 0. The Morgan fingerprint density at radius 3 is 2.82 bits per heavy atom. The third-order valence-corrected chi connectivity index (χ3v) is 4.91. The summed E-state index contributed by atoms with van der Waals surface area (Å²) in [5, 5.41) is 26.8. The fourth-order valence-corrected chi connectivity index (χ4v) is 3.14. The Bertz CT molecular complexity index is 883. The number of amides is 1.